The average molecular weight is 231 g/mol. The predicted molar refractivity (Wildman–Crippen MR) is 68.7 cm³/mol. The van der Waals surface area contributed by atoms with Crippen molar-refractivity contribution in [3.63, 3.8) is 0 Å². The topological polar surface area (TPSA) is 42.2 Å². The van der Waals surface area contributed by atoms with Gasteiger partial charge in [-0.15, -0.1) is 0 Å². The molecule has 0 saturated carbocycles. The van der Waals surface area contributed by atoms with Gasteiger partial charge < -0.3 is 9.67 Å². The summed E-state index contributed by atoms with van der Waals surface area (Å²) < 4.78 is 2.08. The first-order valence-electron chi connectivity index (χ1n) is 5.74. The molecule has 2 aromatic rings. The van der Waals surface area contributed by atoms with Crippen molar-refractivity contribution in [2.24, 2.45) is 7.05 Å². The third-order valence-electron chi connectivity index (χ3n) is 3.17. The van der Waals surface area contributed by atoms with Gasteiger partial charge in [0.05, 0.1) is 11.1 Å². The Morgan fingerprint density at radius 3 is 2.53 bits per heavy atom. The van der Waals surface area contributed by atoms with E-state index in [0.717, 1.165) is 22.0 Å². The molecular formula is C14H17NO2. The molecule has 3 heteroatoms. The number of aromatic carboxylic acids is 1. The van der Waals surface area contributed by atoms with Crippen LogP contribution in [0.2, 0.25) is 0 Å². The number of rotatable bonds is 2. The van der Waals surface area contributed by atoms with E-state index in [2.05, 4.69) is 18.4 Å². The van der Waals surface area contributed by atoms with Gasteiger partial charge in [0.2, 0.25) is 0 Å². The lowest BCUT2D eigenvalue weighted by Gasteiger charge is -2.11. The molecule has 17 heavy (non-hydrogen) atoms. The normalized spacial score (nSPS) is 11.4. The lowest BCUT2D eigenvalue weighted by Crippen LogP contribution is -2.01. The molecule has 0 aliphatic heterocycles. The number of fused-ring (bicyclic) bond motifs is 1. The highest BCUT2D eigenvalue weighted by molar-refractivity contribution is 5.96. The molecule has 1 aromatic carbocycles. The van der Waals surface area contributed by atoms with Gasteiger partial charge in [0, 0.05) is 18.6 Å². The summed E-state index contributed by atoms with van der Waals surface area (Å²) in [5, 5.41) is 10.2. The Bertz CT molecular complexity index is 594. The van der Waals surface area contributed by atoms with Gasteiger partial charge >= 0.3 is 5.97 Å². The third kappa shape index (κ3) is 1.82. The molecule has 90 valence electrons. The maximum atomic E-state index is 11.1. The molecule has 0 radical (unpaired) electrons. The van der Waals surface area contributed by atoms with Crippen LogP contribution in [-0.4, -0.2) is 15.6 Å². The molecule has 0 spiro atoms. The molecule has 2 rings (SSSR count). The van der Waals surface area contributed by atoms with Crippen LogP contribution in [0.3, 0.4) is 0 Å². The van der Waals surface area contributed by atoms with Gasteiger partial charge in [0.25, 0.3) is 0 Å². The van der Waals surface area contributed by atoms with Crippen LogP contribution in [0.25, 0.3) is 10.9 Å². The zero-order valence-corrected chi connectivity index (χ0v) is 10.6. The van der Waals surface area contributed by atoms with Crippen LogP contribution in [0.1, 0.15) is 41.3 Å². The van der Waals surface area contributed by atoms with Crippen molar-refractivity contribution in [3.8, 4) is 0 Å². The Hall–Kier alpha value is -1.77. The van der Waals surface area contributed by atoms with E-state index in [4.69, 9.17) is 5.11 Å². The second-order valence-corrected chi connectivity index (χ2v) is 4.84. The molecule has 1 heterocycles. The smallest absolute Gasteiger partial charge is 0.335 e. The summed E-state index contributed by atoms with van der Waals surface area (Å²) in [5.41, 5.74) is 3.72. The first-order chi connectivity index (χ1) is 7.91. The molecule has 0 aliphatic carbocycles. The van der Waals surface area contributed by atoms with E-state index in [9.17, 15) is 4.79 Å². The largest absolute Gasteiger partial charge is 0.478 e. The van der Waals surface area contributed by atoms with Crippen LogP contribution in [0.15, 0.2) is 18.3 Å². The molecule has 0 fully saturated rings. The number of benzene rings is 1. The number of hydrogen-bond donors (Lipinski definition) is 1. The van der Waals surface area contributed by atoms with E-state index in [1.807, 2.05) is 20.2 Å². The summed E-state index contributed by atoms with van der Waals surface area (Å²) in [5.74, 6) is -0.554. The molecular weight excluding hydrogens is 214 g/mol. The molecule has 0 saturated heterocycles. The molecule has 1 aromatic heterocycles. The molecule has 0 unspecified atom stereocenters. The van der Waals surface area contributed by atoms with Gasteiger partial charge in [0.15, 0.2) is 0 Å². The van der Waals surface area contributed by atoms with E-state index in [1.165, 1.54) is 0 Å². The highest BCUT2D eigenvalue weighted by Gasteiger charge is 2.15. The zero-order chi connectivity index (χ0) is 12.7. The second-order valence-electron chi connectivity index (χ2n) is 4.84. The number of aryl methyl sites for hydroxylation is 2. The quantitative estimate of drug-likeness (QED) is 0.861. The van der Waals surface area contributed by atoms with Crippen molar-refractivity contribution in [3.05, 3.63) is 35.0 Å². The molecule has 0 aliphatic rings. The van der Waals surface area contributed by atoms with Crippen LogP contribution in [0.5, 0.6) is 0 Å². The SMILES string of the molecule is Cc1cn(C)c2c(C(C)C)cc(C(=O)O)cc12. The molecule has 0 bridgehead atoms. The van der Waals surface area contributed by atoms with Crippen molar-refractivity contribution in [2.45, 2.75) is 26.7 Å². The monoisotopic (exact) mass is 231 g/mol. The van der Waals surface area contributed by atoms with Crippen molar-refractivity contribution in [1.82, 2.24) is 4.57 Å². The van der Waals surface area contributed by atoms with Gasteiger partial charge in [-0.25, -0.2) is 4.79 Å². The van der Waals surface area contributed by atoms with Gasteiger partial charge in [-0.1, -0.05) is 13.8 Å². The van der Waals surface area contributed by atoms with Crippen LogP contribution < -0.4 is 0 Å². The fourth-order valence-corrected chi connectivity index (χ4v) is 2.34. The van der Waals surface area contributed by atoms with Gasteiger partial charge in [-0.05, 0) is 36.1 Å². The highest BCUT2D eigenvalue weighted by atomic mass is 16.4. The summed E-state index contributed by atoms with van der Waals surface area (Å²) in [4.78, 5) is 11.1. The van der Waals surface area contributed by atoms with Crippen molar-refractivity contribution in [2.75, 3.05) is 0 Å². The van der Waals surface area contributed by atoms with Crippen molar-refractivity contribution >= 4 is 16.9 Å². The maximum absolute atomic E-state index is 11.1. The van der Waals surface area contributed by atoms with E-state index < -0.39 is 5.97 Å². The van der Waals surface area contributed by atoms with E-state index in [-0.39, 0.29) is 0 Å². The lowest BCUT2D eigenvalue weighted by molar-refractivity contribution is 0.0697. The fraction of sp³-hybridized carbons (Fsp3) is 0.357. The summed E-state index contributed by atoms with van der Waals surface area (Å²) in [7, 11) is 2.00. The minimum Gasteiger partial charge on any atom is -0.478 e. The van der Waals surface area contributed by atoms with Gasteiger partial charge in [-0.3, -0.25) is 0 Å². The standard InChI is InChI=1S/C14H17NO2/c1-8(2)11-5-10(14(16)17)6-12-9(3)7-15(4)13(11)12/h5-8H,1-4H3,(H,16,17). The Morgan fingerprint density at radius 2 is 2.00 bits per heavy atom. The summed E-state index contributed by atoms with van der Waals surface area (Å²) in [6.07, 6.45) is 2.04. The van der Waals surface area contributed by atoms with Crippen LogP contribution in [0, 0.1) is 6.92 Å². The molecule has 3 nitrogen and oxygen atoms in total. The average Bonchev–Trinajstić information content (AvgIpc) is 2.53. The van der Waals surface area contributed by atoms with E-state index in [1.54, 1.807) is 12.1 Å². The van der Waals surface area contributed by atoms with Crippen LogP contribution >= 0.6 is 0 Å². The lowest BCUT2D eigenvalue weighted by atomic mass is 9.97. The number of carboxylic acid groups (broad SMARTS) is 1. The van der Waals surface area contributed by atoms with Crippen molar-refractivity contribution < 1.29 is 9.90 Å². The number of hydrogen-bond acceptors (Lipinski definition) is 1. The Labute approximate surface area is 101 Å². The van der Waals surface area contributed by atoms with Gasteiger partial charge in [0.1, 0.15) is 0 Å². The fourth-order valence-electron chi connectivity index (χ4n) is 2.34. The van der Waals surface area contributed by atoms with Crippen LogP contribution in [0.4, 0.5) is 0 Å². The summed E-state index contributed by atoms with van der Waals surface area (Å²) >= 11 is 0. The minimum atomic E-state index is -0.864. The summed E-state index contributed by atoms with van der Waals surface area (Å²) in [6, 6.07) is 3.55. The van der Waals surface area contributed by atoms with Gasteiger partial charge in [-0.2, -0.15) is 0 Å². The molecule has 0 amide bonds. The number of aromatic nitrogens is 1. The molecule has 0 atom stereocenters. The van der Waals surface area contributed by atoms with E-state index >= 15 is 0 Å². The first-order valence-corrected chi connectivity index (χ1v) is 5.74. The first kappa shape index (κ1) is 11.7. The second kappa shape index (κ2) is 3.91. The number of carbonyl (C=O) groups is 1. The third-order valence-corrected chi connectivity index (χ3v) is 3.17. The molecule has 1 N–H and O–H groups in total. The number of nitrogens with zero attached hydrogens (tertiary/aromatic N) is 1. The highest BCUT2D eigenvalue weighted by Crippen LogP contribution is 2.30. The minimum absolute atomic E-state index is 0.310. The Morgan fingerprint density at radius 1 is 1.35 bits per heavy atom. The van der Waals surface area contributed by atoms with E-state index in [0.29, 0.717) is 11.5 Å². The Balaban J connectivity index is 2.88. The number of carboxylic acids is 1. The van der Waals surface area contributed by atoms with Crippen molar-refractivity contribution in [1.29, 1.82) is 0 Å². The maximum Gasteiger partial charge on any atom is 0.335 e. The van der Waals surface area contributed by atoms with Crippen LogP contribution in [-0.2, 0) is 7.05 Å². The Kier molecular flexibility index (Phi) is 2.69. The zero-order valence-electron chi connectivity index (χ0n) is 10.6. The predicted octanol–water partition coefficient (Wildman–Crippen LogP) is 3.31. The summed E-state index contributed by atoms with van der Waals surface area (Å²) in [6.45, 7) is 6.18.